The molecule has 0 aliphatic carbocycles. The van der Waals surface area contributed by atoms with Crippen molar-refractivity contribution in [2.45, 2.75) is 37.3 Å². The number of hydrogen-bond donors (Lipinski definition) is 4. The molecule has 1 saturated heterocycles. The zero-order chi connectivity index (χ0) is 13.8. The van der Waals surface area contributed by atoms with Crippen LogP contribution in [0, 0.1) is 0 Å². The molecular weight excluding hydrogens is 252 g/mol. The molecule has 6 nitrogen and oxygen atoms in total. The van der Waals surface area contributed by atoms with Crippen LogP contribution in [0.25, 0.3) is 0 Å². The van der Waals surface area contributed by atoms with Gasteiger partial charge in [0.15, 0.2) is 6.29 Å². The zero-order valence-corrected chi connectivity index (χ0v) is 10.3. The van der Waals surface area contributed by atoms with E-state index >= 15 is 0 Å². The van der Waals surface area contributed by atoms with Crippen LogP contribution in [-0.2, 0) is 16.1 Å². The largest absolute Gasteiger partial charge is 0.394 e. The van der Waals surface area contributed by atoms with Crippen molar-refractivity contribution < 1.29 is 29.9 Å². The van der Waals surface area contributed by atoms with Crippen LogP contribution in [0.1, 0.15) is 5.56 Å². The first-order valence-corrected chi connectivity index (χ1v) is 6.09. The molecule has 1 aromatic rings. The van der Waals surface area contributed by atoms with Crippen LogP contribution in [0.15, 0.2) is 30.3 Å². The Labute approximate surface area is 110 Å². The molecule has 0 saturated carbocycles. The first-order valence-electron chi connectivity index (χ1n) is 6.09. The normalized spacial score (nSPS) is 32.4. The van der Waals surface area contributed by atoms with Crippen LogP contribution in [0.3, 0.4) is 0 Å². The van der Waals surface area contributed by atoms with Gasteiger partial charge in [-0.1, -0.05) is 30.3 Å². The lowest BCUT2D eigenvalue weighted by atomic mass is 10.1. The number of aliphatic hydroxyl groups is 4. The molecule has 19 heavy (non-hydrogen) atoms. The Bertz CT molecular complexity index is 384. The second-order valence-electron chi connectivity index (χ2n) is 4.50. The standard InChI is InChI=1S/C13H18O6/c14-6-9(15)12-10(16)11(17)13(19-12)18-7-8-4-2-1-3-5-8/h1-5,9-17H,6-7H2/t9-,10-,11-,12+,13-/m1/s1. The summed E-state index contributed by atoms with van der Waals surface area (Å²) >= 11 is 0. The first-order chi connectivity index (χ1) is 9.13. The van der Waals surface area contributed by atoms with Gasteiger partial charge in [-0.15, -0.1) is 0 Å². The predicted octanol–water partition coefficient (Wildman–Crippen LogP) is -0.997. The van der Waals surface area contributed by atoms with Gasteiger partial charge in [-0.25, -0.2) is 0 Å². The van der Waals surface area contributed by atoms with Crippen molar-refractivity contribution in [1.29, 1.82) is 0 Å². The Morgan fingerprint density at radius 3 is 2.47 bits per heavy atom. The lowest BCUT2D eigenvalue weighted by molar-refractivity contribution is -0.186. The number of aliphatic hydroxyl groups excluding tert-OH is 4. The summed E-state index contributed by atoms with van der Waals surface area (Å²) in [7, 11) is 0. The van der Waals surface area contributed by atoms with Gasteiger partial charge in [0.1, 0.15) is 24.4 Å². The van der Waals surface area contributed by atoms with Gasteiger partial charge in [0, 0.05) is 0 Å². The van der Waals surface area contributed by atoms with E-state index in [0.29, 0.717) is 0 Å². The van der Waals surface area contributed by atoms with Crippen molar-refractivity contribution in [3.8, 4) is 0 Å². The molecule has 1 fully saturated rings. The van der Waals surface area contributed by atoms with Crippen LogP contribution in [0.4, 0.5) is 0 Å². The van der Waals surface area contributed by atoms with E-state index < -0.39 is 37.3 Å². The topological polar surface area (TPSA) is 99.4 Å². The smallest absolute Gasteiger partial charge is 0.187 e. The van der Waals surface area contributed by atoms with Gasteiger partial charge in [-0.2, -0.15) is 0 Å². The van der Waals surface area contributed by atoms with Crippen molar-refractivity contribution in [3.05, 3.63) is 35.9 Å². The number of rotatable bonds is 5. The molecule has 0 unspecified atom stereocenters. The number of ether oxygens (including phenoxy) is 2. The van der Waals surface area contributed by atoms with E-state index in [2.05, 4.69) is 0 Å². The summed E-state index contributed by atoms with van der Waals surface area (Å²) in [6, 6.07) is 9.31. The second kappa shape index (κ2) is 6.42. The van der Waals surface area contributed by atoms with E-state index in [1.54, 1.807) is 0 Å². The fourth-order valence-corrected chi connectivity index (χ4v) is 1.98. The van der Waals surface area contributed by atoms with Crippen molar-refractivity contribution in [2.75, 3.05) is 6.61 Å². The Kier molecular flexibility index (Phi) is 4.87. The van der Waals surface area contributed by atoms with Gasteiger partial charge >= 0.3 is 0 Å². The molecule has 2 rings (SSSR count). The minimum Gasteiger partial charge on any atom is -0.394 e. The van der Waals surface area contributed by atoms with E-state index in [1.807, 2.05) is 30.3 Å². The Balaban J connectivity index is 1.91. The summed E-state index contributed by atoms with van der Waals surface area (Å²) in [5.41, 5.74) is 0.902. The molecule has 0 amide bonds. The molecule has 1 heterocycles. The molecule has 6 heteroatoms. The Morgan fingerprint density at radius 1 is 1.16 bits per heavy atom. The summed E-state index contributed by atoms with van der Waals surface area (Å²) in [6.07, 6.45) is -5.88. The van der Waals surface area contributed by atoms with Gasteiger partial charge in [0.05, 0.1) is 13.2 Å². The van der Waals surface area contributed by atoms with Gasteiger partial charge in [-0.05, 0) is 5.56 Å². The van der Waals surface area contributed by atoms with Crippen LogP contribution in [0.2, 0.25) is 0 Å². The fraction of sp³-hybridized carbons (Fsp3) is 0.538. The van der Waals surface area contributed by atoms with Crippen LogP contribution in [-0.4, -0.2) is 57.7 Å². The highest BCUT2D eigenvalue weighted by atomic mass is 16.7. The average Bonchev–Trinajstić information content (AvgIpc) is 2.73. The molecule has 4 N–H and O–H groups in total. The quantitative estimate of drug-likeness (QED) is 0.548. The van der Waals surface area contributed by atoms with Gasteiger partial charge in [0.25, 0.3) is 0 Å². The molecule has 106 valence electrons. The third-order valence-corrected chi connectivity index (χ3v) is 3.08. The third-order valence-electron chi connectivity index (χ3n) is 3.08. The highest BCUT2D eigenvalue weighted by Crippen LogP contribution is 2.25. The fourth-order valence-electron chi connectivity index (χ4n) is 1.98. The lowest BCUT2D eigenvalue weighted by Crippen LogP contribution is -2.40. The highest BCUT2D eigenvalue weighted by molar-refractivity contribution is 5.13. The maximum Gasteiger partial charge on any atom is 0.187 e. The minimum atomic E-state index is -1.29. The summed E-state index contributed by atoms with van der Waals surface area (Å²) in [4.78, 5) is 0. The highest BCUT2D eigenvalue weighted by Gasteiger charge is 2.46. The zero-order valence-electron chi connectivity index (χ0n) is 10.3. The van der Waals surface area contributed by atoms with E-state index in [4.69, 9.17) is 14.6 Å². The summed E-state index contributed by atoms with van der Waals surface area (Å²) in [5.74, 6) is 0. The van der Waals surface area contributed by atoms with Gasteiger partial charge in [0.2, 0.25) is 0 Å². The van der Waals surface area contributed by atoms with Crippen molar-refractivity contribution in [3.63, 3.8) is 0 Å². The van der Waals surface area contributed by atoms with Crippen LogP contribution < -0.4 is 0 Å². The third kappa shape index (κ3) is 3.30. The molecule has 1 aliphatic rings. The molecule has 0 spiro atoms. The maximum absolute atomic E-state index is 9.76. The van der Waals surface area contributed by atoms with Gasteiger partial charge in [-0.3, -0.25) is 0 Å². The molecule has 1 aliphatic heterocycles. The first kappa shape index (κ1) is 14.4. The van der Waals surface area contributed by atoms with Crippen LogP contribution >= 0.6 is 0 Å². The number of hydrogen-bond acceptors (Lipinski definition) is 6. The minimum absolute atomic E-state index is 0.219. The van der Waals surface area contributed by atoms with Crippen LogP contribution in [0.5, 0.6) is 0 Å². The molecular formula is C13H18O6. The number of benzene rings is 1. The second-order valence-corrected chi connectivity index (χ2v) is 4.50. The summed E-state index contributed by atoms with van der Waals surface area (Å²) < 4.78 is 10.6. The maximum atomic E-state index is 9.76. The van der Waals surface area contributed by atoms with E-state index in [0.717, 1.165) is 5.56 Å². The molecule has 5 atom stereocenters. The SMILES string of the molecule is OC[C@@H](O)[C@@H]1O[C@@H](OCc2ccccc2)[C@H](O)[C@H]1O. The van der Waals surface area contributed by atoms with Gasteiger partial charge < -0.3 is 29.9 Å². The van der Waals surface area contributed by atoms with E-state index in [1.165, 1.54) is 0 Å². The van der Waals surface area contributed by atoms with Crippen molar-refractivity contribution in [2.24, 2.45) is 0 Å². The summed E-state index contributed by atoms with van der Waals surface area (Å²) in [6.45, 7) is -0.336. The predicted molar refractivity (Wildman–Crippen MR) is 65.0 cm³/mol. The van der Waals surface area contributed by atoms with E-state index in [-0.39, 0.29) is 6.61 Å². The average molecular weight is 270 g/mol. The summed E-state index contributed by atoms with van der Waals surface area (Å²) in [5, 5.41) is 37.7. The Morgan fingerprint density at radius 2 is 1.84 bits per heavy atom. The van der Waals surface area contributed by atoms with Crippen molar-refractivity contribution >= 4 is 0 Å². The molecule has 0 bridgehead atoms. The monoisotopic (exact) mass is 270 g/mol. The van der Waals surface area contributed by atoms with Crippen molar-refractivity contribution in [1.82, 2.24) is 0 Å². The molecule has 0 radical (unpaired) electrons. The van der Waals surface area contributed by atoms with E-state index in [9.17, 15) is 15.3 Å². The molecule has 0 aromatic heterocycles. The Hall–Kier alpha value is -1.02. The molecule has 1 aromatic carbocycles. The lowest BCUT2D eigenvalue weighted by Gasteiger charge is -2.18.